The second kappa shape index (κ2) is 11.9. The van der Waals surface area contributed by atoms with Crippen LogP contribution < -0.4 is 0 Å². The molecule has 28 heavy (non-hydrogen) atoms. The van der Waals surface area contributed by atoms with Crippen LogP contribution in [0.4, 0.5) is 13.2 Å². The molecule has 0 N–H and O–H groups in total. The molecule has 0 spiro atoms. The first kappa shape index (κ1) is 27.9. The first-order valence-corrected chi connectivity index (χ1v) is 15.5. The highest BCUT2D eigenvalue weighted by atomic mass is 32.2. The van der Waals surface area contributed by atoms with Crippen LogP contribution >= 0.6 is 0 Å². The van der Waals surface area contributed by atoms with E-state index in [0.717, 1.165) is 6.04 Å². The molecular formula is C19H40F3NO3SSi. The van der Waals surface area contributed by atoms with Gasteiger partial charge in [0.25, 0.3) is 0 Å². The van der Waals surface area contributed by atoms with Gasteiger partial charge < -0.3 is 9.04 Å². The number of rotatable bonds is 3. The Hall–Kier alpha value is -0.123. The molecule has 0 aromatic rings. The summed E-state index contributed by atoms with van der Waals surface area (Å²) >= 11 is 0. The van der Waals surface area contributed by atoms with Crippen LogP contribution in [-0.4, -0.2) is 57.3 Å². The quantitative estimate of drug-likeness (QED) is 0.243. The molecule has 0 atom stereocenters. The topological polar surface area (TPSA) is 57.2 Å². The SMILES string of the molecule is C[N+](C)(C[Si](C)(C)C)C1CCCCCCCCCCC1.O=S(=O)([O-])C(F)(F)F. The molecule has 0 bridgehead atoms. The van der Waals surface area contributed by atoms with Crippen LogP contribution in [0.5, 0.6) is 0 Å². The lowest BCUT2D eigenvalue weighted by atomic mass is 9.96. The smallest absolute Gasteiger partial charge is 0.485 e. The number of halogens is 3. The number of quaternary nitrogens is 1. The van der Waals surface area contributed by atoms with E-state index >= 15 is 0 Å². The molecule has 4 nitrogen and oxygen atoms in total. The Labute approximate surface area is 171 Å². The lowest BCUT2D eigenvalue weighted by Crippen LogP contribution is -2.56. The Bertz CT molecular complexity index is 520. The van der Waals surface area contributed by atoms with E-state index in [1.165, 1.54) is 81.3 Å². The minimum atomic E-state index is -6.09. The summed E-state index contributed by atoms with van der Waals surface area (Å²) in [5.41, 5.74) is -5.65. The minimum absolute atomic E-state index is 0.918. The maximum absolute atomic E-state index is 10.7. The van der Waals surface area contributed by atoms with Crippen LogP contribution in [0.15, 0.2) is 0 Å². The zero-order valence-corrected chi connectivity index (χ0v) is 20.1. The van der Waals surface area contributed by atoms with E-state index in [-0.39, 0.29) is 0 Å². The molecule has 0 amide bonds. The molecule has 0 heterocycles. The first-order valence-electron chi connectivity index (χ1n) is 10.4. The maximum atomic E-state index is 10.7. The van der Waals surface area contributed by atoms with E-state index < -0.39 is 23.7 Å². The van der Waals surface area contributed by atoms with Gasteiger partial charge in [0.1, 0.15) is 8.07 Å². The van der Waals surface area contributed by atoms with Crippen molar-refractivity contribution in [1.29, 1.82) is 0 Å². The molecule has 170 valence electrons. The van der Waals surface area contributed by atoms with Gasteiger partial charge in [0, 0.05) is 0 Å². The molecule has 1 aliphatic carbocycles. The van der Waals surface area contributed by atoms with E-state index in [4.69, 9.17) is 13.0 Å². The molecule has 1 fully saturated rings. The summed E-state index contributed by atoms with van der Waals surface area (Å²) in [7, 11) is -2.05. The molecule has 0 aromatic heterocycles. The average Bonchev–Trinajstić information content (AvgIpc) is 2.43. The summed E-state index contributed by atoms with van der Waals surface area (Å²) in [4.78, 5) is 0. The monoisotopic (exact) mass is 447 g/mol. The van der Waals surface area contributed by atoms with Gasteiger partial charge in [-0.15, -0.1) is 0 Å². The third-order valence-corrected chi connectivity index (χ3v) is 7.56. The van der Waals surface area contributed by atoms with Gasteiger partial charge in [-0.05, 0) is 25.7 Å². The lowest BCUT2D eigenvalue weighted by Gasteiger charge is -2.42. The second-order valence-electron chi connectivity index (χ2n) is 9.81. The zero-order valence-electron chi connectivity index (χ0n) is 18.3. The van der Waals surface area contributed by atoms with Gasteiger partial charge in [0.05, 0.1) is 26.3 Å². The van der Waals surface area contributed by atoms with E-state index in [0.29, 0.717) is 0 Å². The summed E-state index contributed by atoms with van der Waals surface area (Å²) in [6, 6.07) is 0.918. The third-order valence-electron chi connectivity index (χ3n) is 5.23. The average molecular weight is 448 g/mol. The van der Waals surface area contributed by atoms with Gasteiger partial charge in [0.2, 0.25) is 0 Å². The highest BCUT2D eigenvalue weighted by molar-refractivity contribution is 7.86. The fourth-order valence-corrected chi connectivity index (χ4v) is 6.90. The predicted molar refractivity (Wildman–Crippen MR) is 111 cm³/mol. The van der Waals surface area contributed by atoms with Gasteiger partial charge in [-0.3, -0.25) is 0 Å². The summed E-state index contributed by atoms with van der Waals surface area (Å²) < 4.78 is 60.2. The van der Waals surface area contributed by atoms with Crippen LogP contribution in [0, 0.1) is 0 Å². The molecule has 0 radical (unpaired) electrons. The molecule has 0 aliphatic heterocycles. The van der Waals surface area contributed by atoms with Crippen molar-refractivity contribution < 1.29 is 30.6 Å². The standard InChI is InChI=1S/C18H40NSi.CHF3O3S/c1-19(2,17-20(3,4)5)18-15-13-11-9-7-6-8-10-12-14-16-18;2-1(3,4)8(5,6)7/h18H,6-17H2,1-5H3;(H,5,6,7)/q+1;/p-1. The fraction of sp³-hybridized carbons (Fsp3) is 1.00. The van der Waals surface area contributed by atoms with Crippen molar-refractivity contribution in [2.75, 3.05) is 20.3 Å². The van der Waals surface area contributed by atoms with E-state index in [9.17, 15) is 13.2 Å². The van der Waals surface area contributed by atoms with Crippen molar-refractivity contribution in [2.45, 2.75) is 102 Å². The Morgan fingerprint density at radius 3 is 1.39 bits per heavy atom. The summed E-state index contributed by atoms with van der Waals surface area (Å²) in [6.07, 6.45) is 17.7. The Kier molecular flexibility index (Phi) is 11.9. The molecular weight excluding hydrogens is 407 g/mol. The van der Waals surface area contributed by atoms with Gasteiger partial charge in [-0.1, -0.05) is 64.6 Å². The molecule has 1 aliphatic rings. The van der Waals surface area contributed by atoms with Gasteiger partial charge in [0.15, 0.2) is 10.1 Å². The molecule has 1 saturated carbocycles. The summed E-state index contributed by atoms with van der Waals surface area (Å²) in [5, 5.41) is 0. The van der Waals surface area contributed by atoms with Crippen molar-refractivity contribution in [2.24, 2.45) is 0 Å². The fourth-order valence-electron chi connectivity index (χ4n) is 4.19. The number of nitrogens with zero attached hydrogens (tertiary/aromatic N) is 1. The van der Waals surface area contributed by atoms with Crippen molar-refractivity contribution in [3.8, 4) is 0 Å². The number of hydrogen-bond acceptors (Lipinski definition) is 3. The highest BCUT2D eigenvalue weighted by Crippen LogP contribution is 2.25. The van der Waals surface area contributed by atoms with Gasteiger partial charge in [-0.25, -0.2) is 8.42 Å². The molecule has 1 rings (SSSR count). The first-order chi connectivity index (χ1) is 12.6. The maximum Gasteiger partial charge on any atom is 0.485 e. The molecule has 9 heteroatoms. The number of alkyl halides is 3. The predicted octanol–water partition coefficient (Wildman–Crippen LogP) is 5.66. The van der Waals surface area contributed by atoms with E-state index in [2.05, 4.69) is 33.7 Å². The van der Waals surface area contributed by atoms with Crippen molar-refractivity contribution in [3.05, 3.63) is 0 Å². The Morgan fingerprint density at radius 2 is 1.14 bits per heavy atom. The third kappa shape index (κ3) is 13.2. The van der Waals surface area contributed by atoms with Crippen molar-refractivity contribution in [3.63, 3.8) is 0 Å². The van der Waals surface area contributed by atoms with E-state index in [1.807, 2.05) is 0 Å². The van der Waals surface area contributed by atoms with Crippen molar-refractivity contribution in [1.82, 2.24) is 0 Å². The van der Waals surface area contributed by atoms with Crippen LogP contribution in [0.1, 0.15) is 70.6 Å². The van der Waals surface area contributed by atoms with Crippen LogP contribution in [0.2, 0.25) is 19.6 Å². The normalized spacial score (nSPS) is 19.8. The molecule has 0 saturated heterocycles. The second-order valence-corrected chi connectivity index (χ2v) is 16.6. The summed E-state index contributed by atoms with van der Waals surface area (Å²) in [5.74, 6) is 0. The van der Waals surface area contributed by atoms with Gasteiger partial charge >= 0.3 is 5.51 Å². The van der Waals surface area contributed by atoms with E-state index in [1.54, 1.807) is 0 Å². The minimum Gasteiger partial charge on any atom is -0.741 e. The van der Waals surface area contributed by atoms with Crippen LogP contribution in [0.25, 0.3) is 0 Å². The Morgan fingerprint density at radius 1 is 0.857 bits per heavy atom. The molecule has 0 unspecified atom stereocenters. The van der Waals surface area contributed by atoms with Crippen LogP contribution in [0.3, 0.4) is 0 Å². The lowest BCUT2D eigenvalue weighted by molar-refractivity contribution is -0.906. The number of hydrogen-bond donors (Lipinski definition) is 0. The summed E-state index contributed by atoms with van der Waals surface area (Å²) in [6.45, 7) is 7.59. The van der Waals surface area contributed by atoms with Gasteiger partial charge in [-0.2, -0.15) is 13.2 Å². The van der Waals surface area contributed by atoms with Crippen molar-refractivity contribution >= 4 is 18.2 Å². The largest absolute Gasteiger partial charge is 0.741 e. The van der Waals surface area contributed by atoms with Crippen LogP contribution in [-0.2, 0) is 10.1 Å². The highest BCUT2D eigenvalue weighted by Gasteiger charge is 2.37. The molecule has 0 aromatic carbocycles. The zero-order chi connectivity index (χ0) is 22.1. The Balaban J connectivity index is 0.000000769.